The Morgan fingerprint density at radius 2 is 1.96 bits per heavy atom. The minimum absolute atomic E-state index is 0.298. The van der Waals surface area contributed by atoms with E-state index in [0.29, 0.717) is 36.4 Å². The molecule has 0 radical (unpaired) electrons. The van der Waals surface area contributed by atoms with E-state index in [1.54, 1.807) is 23.1 Å². The van der Waals surface area contributed by atoms with Gasteiger partial charge in [-0.3, -0.25) is 0 Å². The van der Waals surface area contributed by atoms with Crippen molar-refractivity contribution < 1.29 is 17.9 Å². The Hall–Kier alpha value is -2.22. The fourth-order valence-corrected chi connectivity index (χ4v) is 4.31. The Balaban J connectivity index is 2.09. The van der Waals surface area contributed by atoms with Gasteiger partial charge in [0.05, 0.1) is 18.3 Å². The first kappa shape index (κ1) is 17.6. The maximum atomic E-state index is 12.4. The zero-order chi connectivity index (χ0) is 18.6. The van der Waals surface area contributed by atoms with Gasteiger partial charge in [0.1, 0.15) is 5.60 Å². The Bertz CT molecular complexity index is 954. The highest BCUT2D eigenvalue weighted by Gasteiger charge is 2.31. The lowest BCUT2D eigenvalue weighted by Crippen LogP contribution is -2.40. The largest absolute Gasteiger partial charge is 0.444 e. The second kappa shape index (κ2) is 5.66. The number of hydrogen-bond donors (Lipinski definition) is 1. The molecular weight excluding hydrogens is 342 g/mol. The van der Waals surface area contributed by atoms with Crippen LogP contribution in [-0.4, -0.2) is 41.8 Å². The molecule has 0 fully saturated rings. The van der Waals surface area contributed by atoms with Gasteiger partial charge < -0.3 is 15.4 Å². The van der Waals surface area contributed by atoms with E-state index in [2.05, 4.69) is 0 Å². The van der Waals surface area contributed by atoms with Crippen molar-refractivity contribution in [2.24, 2.45) is 0 Å². The molecule has 1 aliphatic heterocycles. The number of nitrogens with two attached hydrogens (primary N) is 1. The summed E-state index contributed by atoms with van der Waals surface area (Å²) >= 11 is 0. The van der Waals surface area contributed by atoms with Crippen LogP contribution < -0.4 is 5.73 Å². The van der Waals surface area contributed by atoms with Crippen LogP contribution in [0, 0.1) is 0 Å². The first-order valence-electron chi connectivity index (χ1n) is 8.07. The number of nitrogen functional groups attached to an aromatic ring is 1. The third-order valence-electron chi connectivity index (χ3n) is 4.11. The lowest BCUT2D eigenvalue weighted by molar-refractivity contribution is 0.0224. The summed E-state index contributed by atoms with van der Waals surface area (Å²) in [6.07, 6.45) is 1.22. The smallest absolute Gasteiger partial charge is 0.410 e. The summed E-state index contributed by atoms with van der Waals surface area (Å²) in [6.45, 7) is 6.15. The monoisotopic (exact) mass is 365 g/mol. The normalized spacial score (nSPS) is 15.3. The zero-order valence-electron chi connectivity index (χ0n) is 14.9. The van der Waals surface area contributed by atoms with Crippen LogP contribution in [0.4, 0.5) is 10.5 Å². The number of benzene rings is 1. The third kappa shape index (κ3) is 3.30. The van der Waals surface area contributed by atoms with Crippen LogP contribution >= 0.6 is 0 Å². The molecule has 0 unspecified atom stereocenters. The Morgan fingerprint density at radius 3 is 2.56 bits per heavy atom. The van der Waals surface area contributed by atoms with Crippen molar-refractivity contribution in [3.05, 3.63) is 29.5 Å². The maximum absolute atomic E-state index is 12.4. The number of fused-ring (bicyclic) bond motifs is 3. The van der Waals surface area contributed by atoms with Crippen LogP contribution in [0.2, 0.25) is 0 Å². The molecule has 1 amide bonds. The standard InChI is InChI=1S/C17H23N3O4S/c1-17(2,3)24-16(21)19-8-7-15-13(10-19)12-9-11(18)5-6-14(12)20(15)25(4,22)23/h5-6,9H,7-8,10,18H2,1-4H3. The molecule has 25 heavy (non-hydrogen) atoms. The molecule has 1 aromatic heterocycles. The van der Waals surface area contributed by atoms with Gasteiger partial charge in [-0.15, -0.1) is 0 Å². The summed E-state index contributed by atoms with van der Waals surface area (Å²) in [7, 11) is -3.47. The highest BCUT2D eigenvalue weighted by atomic mass is 32.2. The van der Waals surface area contributed by atoms with Gasteiger partial charge in [0.25, 0.3) is 0 Å². The molecule has 0 spiro atoms. The van der Waals surface area contributed by atoms with Gasteiger partial charge in [-0.2, -0.15) is 0 Å². The highest BCUT2D eigenvalue weighted by molar-refractivity contribution is 7.89. The lowest BCUT2D eigenvalue weighted by atomic mass is 10.0. The average molecular weight is 365 g/mol. The van der Waals surface area contributed by atoms with Crippen molar-refractivity contribution in [2.75, 3.05) is 18.5 Å². The summed E-state index contributed by atoms with van der Waals surface area (Å²) in [4.78, 5) is 14.0. The van der Waals surface area contributed by atoms with E-state index >= 15 is 0 Å². The van der Waals surface area contributed by atoms with Crippen molar-refractivity contribution in [1.29, 1.82) is 0 Å². The molecule has 2 aromatic rings. The fourth-order valence-electron chi connectivity index (χ4n) is 3.20. The molecule has 1 aromatic carbocycles. The van der Waals surface area contributed by atoms with Crippen LogP contribution in [0.5, 0.6) is 0 Å². The topological polar surface area (TPSA) is 94.6 Å². The van der Waals surface area contributed by atoms with Crippen molar-refractivity contribution in [3.63, 3.8) is 0 Å². The summed E-state index contributed by atoms with van der Waals surface area (Å²) in [6, 6.07) is 5.15. The molecule has 0 saturated heterocycles. The second-order valence-electron chi connectivity index (χ2n) is 7.38. The molecule has 7 nitrogen and oxygen atoms in total. The maximum Gasteiger partial charge on any atom is 0.410 e. The molecule has 2 heterocycles. The molecule has 1 aliphatic rings. The first-order valence-corrected chi connectivity index (χ1v) is 9.92. The molecule has 0 atom stereocenters. The Kier molecular flexibility index (Phi) is 3.98. The van der Waals surface area contributed by atoms with E-state index in [1.165, 1.54) is 10.2 Å². The van der Waals surface area contributed by atoms with Crippen molar-refractivity contribution in [2.45, 2.75) is 39.3 Å². The Labute approximate surface area is 147 Å². The van der Waals surface area contributed by atoms with E-state index in [0.717, 1.165) is 10.9 Å². The summed E-state index contributed by atoms with van der Waals surface area (Å²) in [5, 5.41) is 0.758. The molecule has 0 aliphatic carbocycles. The molecule has 2 N–H and O–H groups in total. The number of carbonyl (C=O) groups excluding carboxylic acids is 1. The van der Waals surface area contributed by atoms with Crippen molar-refractivity contribution in [1.82, 2.24) is 8.87 Å². The predicted molar refractivity (Wildman–Crippen MR) is 96.9 cm³/mol. The molecule has 136 valence electrons. The first-order chi connectivity index (χ1) is 11.5. The zero-order valence-corrected chi connectivity index (χ0v) is 15.7. The Morgan fingerprint density at radius 1 is 1.28 bits per heavy atom. The van der Waals surface area contributed by atoms with Crippen molar-refractivity contribution in [3.8, 4) is 0 Å². The minimum atomic E-state index is -3.47. The number of rotatable bonds is 1. The van der Waals surface area contributed by atoms with Crippen LogP contribution in [-0.2, 0) is 27.7 Å². The van der Waals surface area contributed by atoms with Crippen LogP contribution in [0.3, 0.4) is 0 Å². The number of carbonyl (C=O) groups is 1. The number of ether oxygens (including phenoxy) is 1. The van der Waals surface area contributed by atoms with E-state index in [4.69, 9.17) is 10.5 Å². The molecule has 0 saturated carbocycles. The molecule has 0 bridgehead atoms. The van der Waals surface area contributed by atoms with Gasteiger partial charge in [0.15, 0.2) is 0 Å². The van der Waals surface area contributed by atoms with Gasteiger partial charge in [-0.1, -0.05) is 0 Å². The number of aromatic nitrogens is 1. The lowest BCUT2D eigenvalue weighted by Gasteiger charge is -2.30. The predicted octanol–water partition coefficient (Wildman–Crippen LogP) is 2.32. The molecule has 3 rings (SSSR count). The number of hydrogen-bond acceptors (Lipinski definition) is 5. The molecule has 8 heteroatoms. The van der Waals surface area contributed by atoms with Gasteiger partial charge >= 0.3 is 6.09 Å². The summed E-state index contributed by atoms with van der Waals surface area (Å²) in [5.74, 6) is 0. The van der Waals surface area contributed by atoms with E-state index in [1.807, 2.05) is 20.8 Å². The van der Waals surface area contributed by atoms with Crippen LogP contribution in [0.25, 0.3) is 10.9 Å². The summed E-state index contributed by atoms with van der Waals surface area (Å²) < 4.78 is 31.4. The average Bonchev–Trinajstić information content (AvgIpc) is 2.78. The van der Waals surface area contributed by atoms with Gasteiger partial charge in [-0.25, -0.2) is 17.2 Å². The van der Waals surface area contributed by atoms with Gasteiger partial charge in [-0.05, 0) is 39.0 Å². The van der Waals surface area contributed by atoms with Crippen LogP contribution in [0.15, 0.2) is 18.2 Å². The number of anilines is 1. The number of nitrogens with zero attached hydrogens (tertiary/aromatic N) is 2. The fraction of sp³-hybridized carbons (Fsp3) is 0.471. The van der Waals surface area contributed by atoms with Crippen LogP contribution in [0.1, 0.15) is 32.0 Å². The summed E-state index contributed by atoms with van der Waals surface area (Å²) in [5.41, 5.74) is 7.97. The van der Waals surface area contributed by atoms with E-state index in [-0.39, 0.29) is 0 Å². The second-order valence-corrected chi connectivity index (χ2v) is 9.21. The third-order valence-corrected chi connectivity index (χ3v) is 5.19. The SMILES string of the molecule is CC(C)(C)OC(=O)N1CCc2c(c3cc(N)ccc3n2S(C)(=O)=O)C1. The highest BCUT2D eigenvalue weighted by Crippen LogP contribution is 2.33. The quantitative estimate of drug-likeness (QED) is 0.783. The van der Waals surface area contributed by atoms with Crippen molar-refractivity contribution >= 4 is 32.7 Å². The number of amides is 1. The van der Waals surface area contributed by atoms with Gasteiger partial charge in [0.2, 0.25) is 10.0 Å². The molecular formula is C17H23N3O4S. The van der Waals surface area contributed by atoms with Gasteiger partial charge in [0, 0.05) is 35.3 Å². The van der Waals surface area contributed by atoms with E-state index in [9.17, 15) is 13.2 Å². The minimum Gasteiger partial charge on any atom is -0.444 e. The van der Waals surface area contributed by atoms with E-state index < -0.39 is 21.7 Å².